The predicted octanol–water partition coefficient (Wildman–Crippen LogP) is 2.38. The van der Waals surface area contributed by atoms with Crippen LogP contribution in [-0.4, -0.2) is 35.0 Å². The van der Waals surface area contributed by atoms with Gasteiger partial charge in [-0.15, -0.1) is 0 Å². The molecule has 0 bridgehead atoms. The van der Waals surface area contributed by atoms with E-state index < -0.39 is 5.97 Å². The molecule has 4 nitrogen and oxygen atoms in total. The topological polar surface area (TPSA) is 57.6 Å². The molecule has 1 N–H and O–H groups in total. The number of hydrogen-bond donors (Lipinski definition) is 1. The Morgan fingerprint density at radius 3 is 2.89 bits per heavy atom. The van der Waals surface area contributed by atoms with Crippen LogP contribution < -0.4 is 0 Å². The van der Waals surface area contributed by atoms with E-state index in [4.69, 9.17) is 5.11 Å². The molecule has 1 fully saturated rings. The first-order valence-corrected chi connectivity index (χ1v) is 7.06. The lowest BCUT2D eigenvalue weighted by Crippen LogP contribution is -2.28. The highest BCUT2D eigenvalue weighted by atomic mass is 32.1. The van der Waals surface area contributed by atoms with Crippen molar-refractivity contribution in [3.8, 4) is 0 Å². The van der Waals surface area contributed by atoms with Crippen LogP contribution in [0.3, 0.4) is 0 Å². The van der Waals surface area contributed by atoms with E-state index in [1.54, 1.807) is 11.3 Å². The quantitative estimate of drug-likeness (QED) is 0.911. The number of carbonyl (C=O) groups excluding carboxylic acids is 1. The van der Waals surface area contributed by atoms with E-state index >= 15 is 0 Å². The smallest absolute Gasteiger partial charge is 0.303 e. The van der Waals surface area contributed by atoms with Crippen molar-refractivity contribution < 1.29 is 14.7 Å². The van der Waals surface area contributed by atoms with Crippen LogP contribution in [0.15, 0.2) is 10.8 Å². The van der Waals surface area contributed by atoms with Gasteiger partial charge in [-0.05, 0) is 36.6 Å². The second-order valence-corrected chi connectivity index (χ2v) is 5.55. The number of carbonyl (C=O) groups is 2. The van der Waals surface area contributed by atoms with Crippen molar-refractivity contribution in [1.82, 2.24) is 4.90 Å². The fraction of sp³-hybridized carbons (Fsp3) is 0.538. The Balaban J connectivity index is 1.91. The van der Waals surface area contributed by atoms with Crippen LogP contribution in [-0.2, 0) is 4.79 Å². The van der Waals surface area contributed by atoms with E-state index in [1.165, 1.54) is 0 Å². The highest BCUT2D eigenvalue weighted by Gasteiger charge is 2.27. The van der Waals surface area contributed by atoms with Gasteiger partial charge in [-0.1, -0.05) is 0 Å². The number of rotatable bonds is 4. The zero-order valence-electron chi connectivity index (χ0n) is 10.4. The van der Waals surface area contributed by atoms with Gasteiger partial charge in [0.1, 0.15) is 0 Å². The maximum absolute atomic E-state index is 12.2. The molecule has 0 aromatic carbocycles. The Labute approximate surface area is 110 Å². The van der Waals surface area contributed by atoms with E-state index in [2.05, 4.69) is 0 Å². The maximum atomic E-state index is 12.2. The van der Waals surface area contributed by atoms with Gasteiger partial charge < -0.3 is 10.0 Å². The molecule has 1 unspecified atom stereocenters. The molecule has 0 spiro atoms. The van der Waals surface area contributed by atoms with Crippen LogP contribution in [0, 0.1) is 12.8 Å². The number of thiophene rings is 1. The van der Waals surface area contributed by atoms with Crippen LogP contribution in [0.1, 0.15) is 35.2 Å². The molecular formula is C13H17NO3S. The molecule has 1 aliphatic heterocycles. The molecule has 2 rings (SSSR count). The molecule has 18 heavy (non-hydrogen) atoms. The van der Waals surface area contributed by atoms with Gasteiger partial charge in [0, 0.05) is 24.9 Å². The van der Waals surface area contributed by atoms with Gasteiger partial charge in [-0.25, -0.2) is 0 Å². The molecule has 0 radical (unpaired) electrons. The second-order valence-electron chi connectivity index (χ2n) is 4.81. The molecule has 1 amide bonds. The summed E-state index contributed by atoms with van der Waals surface area (Å²) < 4.78 is 0. The van der Waals surface area contributed by atoms with Gasteiger partial charge in [0.2, 0.25) is 0 Å². The first-order valence-electron chi connectivity index (χ1n) is 6.11. The van der Waals surface area contributed by atoms with Gasteiger partial charge >= 0.3 is 5.97 Å². The Morgan fingerprint density at radius 2 is 2.28 bits per heavy atom. The summed E-state index contributed by atoms with van der Waals surface area (Å²) in [5, 5.41) is 12.5. The summed E-state index contributed by atoms with van der Waals surface area (Å²) >= 11 is 1.54. The molecular weight excluding hydrogens is 250 g/mol. The van der Waals surface area contributed by atoms with Crippen molar-refractivity contribution in [1.29, 1.82) is 0 Å². The normalized spacial score (nSPS) is 19.2. The number of nitrogens with zero attached hydrogens (tertiary/aromatic N) is 1. The lowest BCUT2D eigenvalue weighted by molar-refractivity contribution is -0.137. The summed E-state index contributed by atoms with van der Waals surface area (Å²) in [5.74, 6) is -0.330. The van der Waals surface area contributed by atoms with Gasteiger partial charge in [-0.3, -0.25) is 9.59 Å². The minimum atomic E-state index is -0.756. The van der Waals surface area contributed by atoms with Crippen molar-refractivity contribution in [3.63, 3.8) is 0 Å². The number of carboxylic acid groups (broad SMARTS) is 1. The fourth-order valence-electron chi connectivity index (χ4n) is 2.33. The molecule has 1 aromatic rings. The molecule has 0 aliphatic carbocycles. The first-order chi connectivity index (χ1) is 8.58. The minimum Gasteiger partial charge on any atom is -0.481 e. The average molecular weight is 267 g/mol. The van der Waals surface area contributed by atoms with Crippen LogP contribution in [0.25, 0.3) is 0 Å². The molecule has 98 valence electrons. The van der Waals surface area contributed by atoms with Gasteiger partial charge in [-0.2, -0.15) is 11.3 Å². The number of aryl methyl sites for hydroxylation is 1. The second kappa shape index (κ2) is 5.52. The third-order valence-corrected chi connectivity index (χ3v) is 4.29. The average Bonchev–Trinajstić information content (AvgIpc) is 2.94. The third kappa shape index (κ3) is 2.90. The third-order valence-electron chi connectivity index (χ3n) is 3.43. The molecule has 1 aliphatic rings. The highest BCUT2D eigenvalue weighted by Crippen LogP contribution is 2.24. The SMILES string of the molecule is Cc1cscc1C(=O)N1CCC(CCC(=O)O)C1. The number of amides is 1. The monoisotopic (exact) mass is 267 g/mol. The van der Waals surface area contributed by atoms with Crippen molar-refractivity contribution in [2.24, 2.45) is 5.92 Å². The lowest BCUT2D eigenvalue weighted by Gasteiger charge is -2.16. The largest absolute Gasteiger partial charge is 0.481 e. The van der Waals surface area contributed by atoms with Crippen LogP contribution in [0.4, 0.5) is 0 Å². The molecule has 1 aromatic heterocycles. The standard InChI is InChI=1S/C13H17NO3S/c1-9-7-18-8-11(9)13(17)14-5-4-10(6-14)2-3-12(15)16/h7-8,10H,2-6H2,1H3,(H,15,16). The highest BCUT2D eigenvalue weighted by molar-refractivity contribution is 7.08. The summed E-state index contributed by atoms with van der Waals surface area (Å²) in [5.41, 5.74) is 1.82. The number of likely N-dealkylation sites (tertiary alicyclic amines) is 1. The summed E-state index contributed by atoms with van der Waals surface area (Å²) in [6.45, 7) is 3.39. The van der Waals surface area contributed by atoms with E-state index in [-0.39, 0.29) is 12.3 Å². The molecule has 2 heterocycles. The van der Waals surface area contributed by atoms with Gasteiger partial charge in [0.15, 0.2) is 0 Å². The van der Waals surface area contributed by atoms with Crippen LogP contribution >= 0.6 is 11.3 Å². The van der Waals surface area contributed by atoms with E-state index in [1.807, 2.05) is 22.6 Å². The number of carboxylic acids is 1. The van der Waals surface area contributed by atoms with Crippen molar-refractivity contribution in [2.75, 3.05) is 13.1 Å². The van der Waals surface area contributed by atoms with Gasteiger partial charge in [0.05, 0.1) is 5.56 Å². The Kier molecular flexibility index (Phi) is 4.01. The molecule has 0 saturated carbocycles. The van der Waals surface area contributed by atoms with Gasteiger partial charge in [0.25, 0.3) is 5.91 Å². The zero-order chi connectivity index (χ0) is 13.1. The maximum Gasteiger partial charge on any atom is 0.303 e. The zero-order valence-corrected chi connectivity index (χ0v) is 11.2. The lowest BCUT2D eigenvalue weighted by atomic mass is 10.0. The summed E-state index contributed by atoms with van der Waals surface area (Å²) in [6.07, 6.45) is 1.79. The first kappa shape index (κ1) is 13.1. The van der Waals surface area contributed by atoms with Crippen LogP contribution in [0.2, 0.25) is 0 Å². The van der Waals surface area contributed by atoms with Crippen molar-refractivity contribution in [2.45, 2.75) is 26.2 Å². The Morgan fingerprint density at radius 1 is 1.50 bits per heavy atom. The van der Waals surface area contributed by atoms with Crippen LogP contribution in [0.5, 0.6) is 0 Å². The molecule has 5 heteroatoms. The van der Waals surface area contributed by atoms with E-state index in [0.717, 1.165) is 24.1 Å². The minimum absolute atomic E-state index is 0.0894. The fourth-order valence-corrected chi connectivity index (χ4v) is 3.15. The summed E-state index contributed by atoms with van der Waals surface area (Å²) in [7, 11) is 0. The Hall–Kier alpha value is -1.36. The molecule has 1 atom stereocenters. The van der Waals surface area contributed by atoms with Crippen molar-refractivity contribution >= 4 is 23.2 Å². The molecule has 1 saturated heterocycles. The van der Waals surface area contributed by atoms with E-state index in [0.29, 0.717) is 18.9 Å². The predicted molar refractivity (Wildman–Crippen MR) is 69.9 cm³/mol. The van der Waals surface area contributed by atoms with Crippen molar-refractivity contribution in [3.05, 3.63) is 21.9 Å². The van der Waals surface area contributed by atoms with E-state index in [9.17, 15) is 9.59 Å². The number of hydrogen-bond acceptors (Lipinski definition) is 3. The summed E-state index contributed by atoms with van der Waals surface area (Å²) in [6, 6.07) is 0. The Bertz CT molecular complexity index is 455. The summed E-state index contributed by atoms with van der Waals surface area (Å²) in [4.78, 5) is 24.6. The number of aliphatic carboxylic acids is 1.